The second kappa shape index (κ2) is 12.2. The van der Waals surface area contributed by atoms with Crippen LogP contribution in [0.3, 0.4) is 0 Å². The summed E-state index contributed by atoms with van der Waals surface area (Å²) in [6, 6.07) is 73.5. The first kappa shape index (κ1) is 35.8. The van der Waals surface area contributed by atoms with Crippen molar-refractivity contribution in [2.24, 2.45) is 0 Å². The van der Waals surface area contributed by atoms with E-state index < -0.39 is 13.5 Å². The van der Waals surface area contributed by atoms with Gasteiger partial charge in [-0.2, -0.15) is 0 Å². The fourth-order valence-corrected chi connectivity index (χ4v) is 19.7. The first-order chi connectivity index (χ1) is 30.8. The van der Waals surface area contributed by atoms with Gasteiger partial charge in [-0.1, -0.05) is 177 Å². The number of hydrogen-bond acceptors (Lipinski definition) is 2. The number of fused-ring (bicyclic) bond motifs is 21. The Hall–Kier alpha value is -6.78. The highest BCUT2D eigenvalue weighted by Crippen LogP contribution is 2.64. The molecule has 2 spiro atoms. The molecule has 9 aromatic carbocycles. The van der Waals surface area contributed by atoms with E-state index in [4.69, 9.17) is 0 Å². The molecule has 0 fully saturated rings. The third kappa shape index (κ3) is 4.28. The fraction of sp³-hybridized carbons (Fsp3) is 0.100. The van der Waals surface area contributed by atoms with E-state index in [1.807, 2.05) is 11.3 Å². The Bertz CT molecular complexity index is 3540. The average molecular weight is 838 g/mol. The van der Waals surface area contributed by atoms with Gasteiger partial charge in [0, 0.05) is 31.3 Å². The molecule has 0 unspecified atom stereocenters. The van der Waals surface area contributed by atoms with E-state index >= 15 is 0 Å². The number of aryl methyl sites for hydroxylation is 2. The number of nitrogens with zero attached hydrogens (tertiary/aromatic N) is 1. The SMILES string of the molecule is Cc1ccc2c(c1)C1(c3ccccc3N(c3ccc4c(c3)[Si]3(c5ccccc5-c5ccccc53)c3ccccc3-4)c3cc4c(cc31)sc1ccccc14)c1cc(C)ccc1C2(C)C. The average Bonchev–Trinajstić information content (AvgIpc) is 3.93. The Kier molecular flexibility index (Phi) is 6.94. The second-order valence-electron chi connectivity index (χ2n) is 18.9. The molecule has 0 saturated carbocycles. The maximum Gasteiger partial charge on any atom is 0.182 e. The standard InChI is InChI=1S/C60H43NSSi/c1-36-25-29-45-48(31-36)60(49-32-37(2)26-30-46(49)59(45,3)4)47-19-9-10-20-51(47)61(52-34-44-39-15-5-11-21-53(39)62-54(44)35-50(52)60)38-27-28-43-42-18-8-14-24-57(42)63(58(43)33-38)55-22-12-6-16-40(55)41-17-7-13-23-56(41)63/h5-35H,1-4H3. The molecule has 14 rings (SSSR count). The highest BCUT2D eigenvalue weighted by Gasteiger charge is 2.56. The number of anilines is 3. The summed E-state index contributed by atoms with van der Waals surface area (Å²) >= 11 is 1.92. The van der Waals surface area contributed by atoms with E-state index in [2.05, 4.69) is 221 Å². The van der Waals surface area contributed by atoms with Crippen LogP contribution >= 0.6 is 11.3 Å². The summed E-state index contributed by atoms with van der Waals surface area (Å²) in [5.41, 5.74) is 19.3. The van der Waals surface area contributed by atoms with Gasteiger partial charge in [0.05, 0.1) is 16.8 Å². The van der Waals surface area contributed by atoms with Crippen LogP contribution in [0.5, 0.6) is 0 Å². The smallest absolute Gasteiger partial charge is 0.182 e. The molecule has 0 N–H and O–H groups in total. The lowest BCUT2D eigenvalue weighted by Crippen LogP contribution is -2.70. The summed E-state index contributed by atoms with van der Waals surface area (Å²) in [5, 5.41) is 8.63. The molecular formula is C60H43NSSi. The van der Waals surface area contributed by atoms with Crippen molar-refractivity contribution < 1.29 is 0 Å². The van der Waals surface area contributed by atoms with Gasteiger partial charge in [0.2, 0.25) is 0 Å². The summed E-state index contributed by atoms with van der Waals surface area (Å²) in [6.45, 7) is 9.40. The third-order valence-corrected chi connectivity index (χ3v) is 21.5. The topological polar surface area (TPSA) is 3.24 Å². The molecule has 0 radical (unpaired) electrons. The minimum Gasteiger partial charge on any atom is -0.310 e. The number of benzene rings is 9. The zero-order valence-electron chi connectivity index (χ0n) is 35.8. The normalized spacial score (nSPS) is 16.0. The van der Waals surface area contributed by atoms with Crippen LogP contribution in [0.2, 0.25) is 0 Å². The maximum absolute atomic E-state index is 2.69. The van der Waals surface area contributed by atoms with Crippen LogP contribution in [0.15, 0.2) is 188 Å². The molecule has 3 aliphatic heterocycles. The summed E-state index contributed by atoms with van der Waals surface area (Å²) < 4.78 is 2.66. The predicted octanol–water partition coefficient (Wildman–Crippen LogP) is 12.8. The van der Waals surface area contributed by atoms with Crippen LogP contribution in [0.1, 0.15) is 58.4 Å². The molecule has 1 aromatic heterocycles. The highest BCUT2D eigenvalue weighted by molar-refractivity contribution is 7.26. The third-order valence-electron chi connectivity index (χ3n) is 15.4. The van der Waals surface area contributed by atoms with Crippen LogP contribution in [-0.4, -0.2) is 8.07 Å². The van der Waals surface area contributed by atoms with Gasteiger partial charge in [-0.05, 0) is 127 Å². The van der Waals surface area contributed by atoms with Gasteiger partial charge in [-0.15, -0.1) is 11.3 Å². The lowest BCUT2D eigenvalue weighted by atomic mass is 9.52. The van der Waals surface area contributed by atoms with Crippen LogP contribution in [0.25, 0.3) is 42.4 Å². The van der Waals surface area contributed by atoms with E-state index in [0.29, 0.717) is 0 Å². The molecular weight excluding hydrogens is 795 g/mol. The molecule has 63 heavy (non-hydrogen) atoms. The second-order valence-corrected chi connectivity index (χ2v) is 23.6. The summed E-state index contributed by atoms with van der Waals surface area (Å²) in [5.74, 6) is 0. The van der Waals surface area contributed by atoms with Gasteiger partial charge in [0.1, 0.15) is 0 Å². The van der Waals surface area contributed by atoms with E-state index in [1.165, 1.54) is 125 Å². The Morgan fingerprint density at radius 3 is 1.60 bits per heavy atom. The van der Waals surface area contributed by atoms with Crippen molar-refractivity contribution in [1.29, 1.82) is 0 Å². The number of para-hydroxylation sites is 1. The summed E-state index contributed by atoms with van der Waals surface area (Å²) in [4.78, 5) is 2.64. The van der Waals surface area contributed by atoms with Gasteiger partial charge >= 0.3 is 0 Å². The van der Waals surface area contributed by atoms with Crippen molar-refractivity contribution >= 4 is 77.4 Å². The van der Waals surface area contributed by atoms with E-state index in [9.17, 15) is 0 Å². The number of hydrogen-bond donors (Lipinski definition) is 0. The Labute approximate surface area is 373 Å². The van der Waals surface area contributed by atoms with Gasteiger partial charge in [-0.25, -0.2) is 0 Å². The highest BCUT2D eigenvalue weighted by atomic mass is 32.1. The Morgan fingerprint density at radius 2 is 0.952 bits per heavy atom. The van der Waals surface area contributed by atoms with Crippen LogP contribution in [-0.2, 0) is 10.8 Å². The minimum atomic E-state index is -2.69. The minimum absolute atomic E-state index is 0.187. The molecule has 1 aliphatic carbocycles. The van der Waals surface area contributed by atoms with E-state index in [1.54, 1.807) is 0 Å². The lowest BCUT2D eigenvalue weighted by Gasteiger charge is -2.52. The molecule has 1 nitrogen and oxygen atoms in total. The van der Waals surface area contributed by atoms with Crippen LogP contribution < -0.4 is 25.6 Å². The zero-order chi connectivity index (χ0) is 42.0. The molecule has 0 saturated heterocycles. The monoisotopic (exact) mass is 837 g/mol. The van der Waals surface area contributed by atoms with Gasteiger partial charge in [-0.3, -0.25) is 0 Å². The largest absolute Gasteiger partial charge is 0.310 e. The molecule has 0 bridgehead atoms. The Balaban J connectivity index is 1.13. The van der Waals surface area contributed by atoms with Crippen molar-refractivity contribution in [3.8, 4) is 22.3 Å². The molecule has 3 heteroatoms. The van der Waals surface area contributed by atoms with Crippen molar-refractivity contribution in [3.05, 3.63) is 233 Å². The molecule has 10 aromatic rings. The first-order valence-corrected chi connectivity index (χ1v) is 25.2. The molecule has 298 valence electrons. The van der Waals surface area contributed by atoms with Crippen molar-refractivity contribution in [2.75, 3.05) is 4.90 Å². The summed E-state index contributed by atoms with van der Waals surface area (Å²) in [6.07, 6.45) is 0. The van der Waals surface area contributed by atoms with Crippen molar-refractivity contribution in [1.82, 2.24) is 0 Å². The Morgan fingerprint density at radius 1 is 0.397 bits per heavy atom. The molecule has 4 heterocycles. The first-order valence-electron chi connectivity index (χ1n) is 22.3. The quantitative estimate of drug-likeness (QED) is 0.149. The maximum atomic E-state index is 2.64. The molecule has 4 aliphatic rings. The van der Waals surface area contributed by atoms with Crippen LogP contribution in [0.4, 0.5) is 17.1 Å². The number of thiophene rings is 1. The van der Waals surface area contributed by atoms with Gasteiger partial charge in [0.15, 0.2) is 8.07 Å². The van der Waals surface area contributed by atoms with Crippen molar-refractivity contribution in [2.45, 2.75) is 38.5 Å². The predicted molar refractivity (Wildman–Crippen MR) is 269 cm³/mol. The molecule has 0 amide bonds. The summed E-state index contributed by atoms with van der Waals surface area (Å²) in [7, 11) is -2.69. The number of rotatable bonds is 1. The zero-order valence-corrected chi connectivity index (χ0v) is 37.6. The van der Waals surface area contributed by atoms with E-state index in [0.717, 1.165) is 0 Å². The van der Waals surface area contributed by atoms with Gasteiger partial charge in [0.25, 0.3) is 0 Å². The fourth-order valence-electron chi connectivity index (χ4n) is 12.9. The van der Waals surface area contributed by atoms with Crippen molar-refractivity contribution in [3.63, 3.8) is 0 Å². The lowest BCUT2D eigenvalue weighted by molar-refractivity contribution is 0.556. The molecule has 0 atom stereocenters. The van der Waals surface area contributed by atoms with Gasteiger partial charge < -0.3 is 4.90 Å². The van der Waals surface area contributed by atoms with Crippen LogP contribution in [0, 0.1) is 13.8 Å². The van der Waals surface area contributed by atoms with E-state index in [-0.39, 0.29) is 5.41 Å².